The number of para-hydroxylation sites is 1. The number of nitrogens with zero attached hydrogens (tertiary/aromatic N) is 1. The Labute approximate surface area is 188 Å². The number of pyridine rings is 1. The van der Waals surface area contributed by atoms with Crippen LogP contribution in [0.15, 0.2) is 72.9 Å². The lowest BCUT2D eigenvalue weighted by Crippen LogP contribution is -2.03. The maximum Gasteiger partial charge on any atom is 0.336 e. The van der Waals surface area contributed by atoms with Crippen LogP contribution in [0.2, 0.25) is 0 Å². The minimum Gasteiger partial charge on any atom is -0.478 e. The van der Waals surface area contributed by atoms with Crippen molar-refractivity contribution in [1.29, 1.82) is 0 Å². The third-order valence-corrected chi connectivity index (χ3v) is 5.11. The molecule has 0 radical (unpaired) electrons. The summed E-state index contributed by atoms with van der Waals surface area (Å²) < 4.78 is 13.8. The molecule has 0 aliphatic heterocycles. The molecular weight excluding hydrogens is 403 g/mol. The number of rotatable bonds is 8. The van der Waals surface area contributed by atoms with Crippen LogP contribution in [0.3, 0.4) is 0 Å². The van der Waals surface area contributed by atoms with Gasteiger partial charge in [-0.25, -0.2) is 9.18 Å². The van der Waals surface area contributed by atoms with Crippen molar-refractivity contribution < 1.29 is 14.3 Å². The summed E-state index contributed by atoms with van der Waals surface area (Å²) in [4.78, 5) is 16.6. The van der Waals surface area contributed by atoms with E-state index in [-0.39, 0.29) is 5.57 Å². The number of carboxylic acid groups (broad SMARTS) is 1. The highest BCUT2D eigenvalue weighted by Crippen LogP contribution is 2.29. The van der Waals surface area contributed by atoms with Gasteiger partial charge in [0.2, 0.25) is 0 Å². The summed E-state index contributed by atoms with van der Waals surface area (Å²) >= 11 is 0. The van der Waals surface area contributed by atoms with Gasteiger partial charge in [0.15, 0.2) is 0 Å². The maximum atomic E-state index is 13.8. The maximum absolute atomic E-state index is 13.8. The monoisotopic (exact) mass is 430 g/mol. The summed E-state index contributed by atoms with van der Waals surface area (Å²) in [5.74, 6) is -1.59. The summed E-state index contributed by atoms with van der Waals surface area (Å²) in [6.45, 7) is 6.60. The second kappa shape index (κ2) is 10.5. The van der Waals surface area contributed by atoms with Crippen molar-refractivity contribution in [3.63, 3.8) is 0 Å². The topological polar surface area (TPSA) is 62.2 Å². The normalized spacial score (nSPS) is 12.0. The summed E-state index contributed by atoms with van der Waals surface area (Å²) in [5.41, 5.74) is 5.46. The van der Waals surface area contributed by atoms with E-state index in [1.165, 1.54) is 12.1 Å². The molecule has 4 nitrogen and oxygen atoms in total. The third kappa shape index (κ3) is 5.30. The Kier molecular flexibility index (Phi) is 7.55. The summed E-state index contributed by atoms with van der Waals surface area (Å²) in [6.07, 6.45) is 5.98. The van der Waals surface area contributed by atoms with Crippen LogP contribution in [0.5, 0.6) is 0 Å². The van der Waals surface area contributed by atoms with E-state index in [0.717, 1.165) is 23.4 Å². The van der Waals surface area contributed by atoms with Gasteiger partial charge in [0, 0.05) is 29.6 Å². The fraction of sp³-hybridized carbons (Fsp3) is 0.185. The molecule has 0 aliphatic carbocycles. The van der Waals surface area contributed by atoms with Crippen molar-refractivity contribution in [1.82, 2.24) is 4.98 Å². The number of benzene rings is 2. The van der Waals surface area contributed by atoms with Gasteiger partial charge < -0.3 is 10.4 Å². The van der Waals surface area contributed by atoms with E-state index < -0.39 is 11.8 Å². The van der Waals surface area contributed by atoms with Gasteiger partial charge in [0.25, 0.3) is 0 Å². The second-order valence-corrected chi connectivity index (χ2v) is 7.40. The molecule has 1 heterocycles. The van der Waals surface area contributed by atoms with Crippen molar-refractivity contribution in [2.75, 3.05) is 11.9 Å². The Bertz CT molecular complexity index is 1160. The molecule has 0 saturated carbocycles. The van der Waals surface area contributed by atoms with Gasteiger partial charge in [-0.05, 0) is 67.3 Å². The van der Waals surface area contributed by atoms with Crippen molar-refractivity contribution in [2.24, 2.45) is 0 Å². The highest BCUT2D eigenvalue weighted by atomic mass is 19.1. The zero-order valence-corrected chi connectivity index (χ0v) is 18.5. The number of carbonyl (C=O) groups is 1. The summed E-state index contributed by atoms with van der Waals surface area (Å²) in [5, 5.41) is 13.2. The van der Waals surface area contributed by atoms with Crippen molar-refractivity contribution >= 4 is 22.8 Å². The van der Waals surface area contributed by atoms with E-state index in [4.69, 9.17) is 0 Å². The molecule has 2 aromatic carbocycles. The van der Waals surface area contributed by atoms with E-state index in [0.29, 0.717) is 28.8 Å². The Hall–Kier alpha value is -3.73. The average Bonchev–Trinajstić information content (AvgIpc) is 2.79. The van der Waals surface area contributed by atoms with Gasteiger partial charge in [-0.3, -0.25) is 4.98 Å². The number of anilines is 1. The van der Waals surface area contributed by atoms with E-state index in [1.54, 1.807) is 25.3 Å². The SMILES string of the molecule is CC/C=C(/C=C(/C(=O)O)c1cc(F)ccc1C)c1ccc(-c2ccccc2NCC)cn1. The number of aryl methyl sites for hydroxylation is 1. The molecule has 0 atom stereocenters. The van der Waals surface area contributed by atoms with Gasteiger partial charge in [-0.1, -0.05) is 43.3 Å². The zero-order chi connectivity index (χ0) is 23.1. The van der Waals surface area contributed by atoms with Crippen LogP contribution in [-0.4, -0.2) is 22.6 Å². The third-order valence-electron chi connectivity index (χ3n) is 5.11. The number of aliphatic carboxylic acids is 1. The van der Waals surface area contributed by atoms with Crippen LogP contribution < -0.4 is 5.32 Å². The Morgan fingerprint density at radius 3 is 2.56 bits per heavy atom. The van der Waals surface area contributed by atoms with Crippen molar-refractivity contribution in [3.8, 4) is 11.1 Å². The molecule has 0 spiro atoms. The fourth-order valence-corrected chi connectivity index (χ4v) is 3.56. The van der Waals surface area contributed by atoms with Crippen molar-refractivity contribution in [2.45, 2.75) is 27.2 Å². The quantitative estimate of drug-likeness (QED) is 0.313. The molecule has 0 saturated heterocycles. The molecular formula is C27H27FN2O2. The highest BCUT2D eigenvalue weighted by molar-refractivity contribution is 6.18. The molecule has 0 aliphatic rings. The molecule has 5 heteroatoms. The lowest BCUT2D eigenvalue weighted by molar-refractivity contribution is -0.130. The highest BCUT2D eigenvalue weighted by Gasteiger charge is 2.16. The summed E-state index contributed by atoms with van der Waals surface area (Å²) in [6, 6.07) is 16.1. The van der Waals surface area contributed by atoms with E-state index in [1.807, 2.05) is 56.3 Å². The Morgan fingerprint density at radius 1 is 1.12 bits per heavy atom. The smallest absolute Gasteiger partial charge is 0.336 e. The lowest BCUT2D eigenvalue weighted by atomic mass is 9.96. The van der Waals surface area contributed by atoms with E-state index >= 15 is 0 Å². The number of nitrogens with one attached hydrogen (secondary N) is 1. The molecule has 0 amide bonds. The molecule has 0 fully saturated rings. The second-order valence-electron chi connectivity index (χ2n) is 7.40. The Balaban J connectivity index is 2.03. The van der Waals surface area contributed by atoms with E-state index in [9.17, 15) is 14.3 Å². The van der Waals surface area contributed by atoms with Crippen LogP contribution in [0.1, 0.15) is 37.1 Å². The van der Waals surface area contributed by atoms with Crippen LogP contribution >= 0.6 is 0 Å². The molecule has 1 aromatic heterocycles. The first-order valence-electron chi connectivity index (χ1n) is 10.7. The van der Waals surface area contributed by atoms with Gasteiger partial charge in [-0.15, -0.1) is 0 Å². The first-order chi connectivity index (χ1) is 15.4. The van der Waals surface area contributed by atoms with Crippen LogP contribution in [-0.2, 0) is 4.79 Å². The largest absolute Gasteiger partial charge is 0.478 e. The molecule has 0 unspecified atom stereocenters. The minimum atomic E-state index is -1.11. The molecule has 2 N–H and O–H groups in total. The lowest BCUT2D eigenvalue weighted by Gasteiger charge is -2.12. The van der Waals surface area contributed by atoms with E-state index in [2.05, 4.69) is 10.3 Å². The van der Waals surface area contributed by atoms with Gasteiger partial charge in [-0.2, -0.15) is 0 Å². The fourth-order valence-electron chi connectivity index (χ4n) is 3.56. The molecule has 3 rings (SSSR count). The standard InChI is InChI=1S/C27H27FN2O2/c1-4-8-19(15-24(27(31)32)23-16-21(28)13-11-18(23)3)25-14-12-20(17-30-25)22-9-6-7-10-26(22)29-5-2/h6-17,29H,4-5H2,1-3H3,(H,31,32)/b19-8-,24-15+. The summed E-state index contributed by atoms with van der Waals surface area (Å²) in [7, 11) is 0. The predicted octanol–water partition coefficient (Wildman–Crippen LogP) is 6.59. The molecule has 0 bridgehead atoms. The van der Waals surface area contributed by atoms with Crippen molar-refractivity contribution in [3.05, 3.63) is 95.6 Å². The number of allylic oxidation sites excluding steroid dienone is 3. The number of aromatic nitrogens is 1. The van der Waals surface area contributed by atoms with Gasteiger partial charge in [0.1, 0.15) is 5.82 Å². The Morgan fingerprint density at radius 2 is 1.91 bits per heavy atom. The minimum absolute atomic E-state index is 0.0325. The number of hydrogen-bond acceptors (Lipinski definition) is 3. The number of hydrogen-bond donors (Lipinski definition) is 2. The molecule has 3 aromatic rings. The average molecular weight is 431 g/mol. The van der Waals surface area contributed by atoms with Gasteiger partial charge >= 0.3 is 5.97 Å². The first kappa shape index (κ1) is 22.9. The van der Waals surface area contributed by atoms with Crippen LogP contribution in [0.4, 0.5) is 10.1 Å². The zero-order valence-electron chi connectivity index (χ0n) is 18.5. The molecule has 164 valence electrons. The predicted molar refractivity (Wildman–Crippen MR) is 129 cm³/mol. The number of carboxylic acids is 1. The molecule has 32 heavy (non-hydrogen) atoms. The number of halogens is 1. The van der Waals surface area contributed by atoms with Crippen LogP contribution in [0, 0.1) is 12.7 Å². The van der Waals surface area contributed by atoms with Crippen LogP contribution in [0.25, 0.3) is 22.3 Å². The van der Waals surface area contributed by atoms with Gasteiger partial charge in [0.05, 0.1) is 11.3 Å². The first-order valence-corrected chi connectivity index (χ1v) is 10.7.